The Balaban J connectivity index is 1.95. The molecule has 0 saturated heterocycles. The number of hydrogen-bond donors (Lipinski definition) is 3. The number of ketones is 1. The lowest BCUT2D eigenvalue weighted by Crippen LogP contribution is -2.68. The number of carboxylic acid groups (broad SMARTS) is 1. The molecule has 174 valence electrons. The second-order valence-electron chi connectivity index (χ2n) is 7.98. The number of nitrogens with zero attached hydrogens (tertiary/aromatic N) is 2. The molecule has 9 heteroatoms. The zero-order chi connectivity index (χ0) is 24.5. The number of fused-ring (bicyclic) bond motifs is 1. The first-order chi connectivity index (χ1) is 16.3. The fourth-order valence-electron chi connectivity index (χ4n) is 4.24. The van der Waals surface area contributed by atoms with Crippen LogP contribution in [0.25, 0.3) is 10.8 Å². The van der Waals surface area contributed by atoms with Crippen molar-refractivity contribution in [3.8, 4) is 0 Å². The number of carbonyl (C=O) groups is 3. The highest BCUT2D eigenvalue weighted by atomic mass is 35.5. The molecule has 34 heavy (non-hydrogen) atoms. The number of Topliss-reactive ketones (excluding diaryl/α,β-unsaturated/α-hetero) is 1. The third-order valence-electron chi connectivity index (χ3n) is 5.84. The van der Waals surface area contributed by atoms with Crippen LogP contribution in [0, 0.1) is 0 Å². The van der Waals surface area contributed by atoms with Crippen molar-refractivity contribution in [1.82, 2.24) is 15.4 Å². The van der Waals surface area contributed by atoms with E-state index in [4.69, 9.17) is 11.6 Å². The summed E-state index contributed by atoms with van der Waals surface area (Å²) in [6, 6.07) is 14.2. The first-order valence-corrected chi connectivity index (χ1v) is 11.1. The minimum Gasteiger partial charge on any atom is -0.480 e. The molecule has 0 fully saturated rings. The number of carboxylic acids is 1. The van der Waals surface area contributed by atoms with Gasteiger partial charge in [-0.3, -0.25) is 19.6 Å². The van der Waals surface area contributed by atoms with Gasteiger partial charge in [0.1, 0.15) is 5.70 Å². The third-order valence-corrected chi connectivity index (χ3v) is 6.21. The van der Waals surface area contributed by atoms with Crippen LogP contribution < -0.4 is 10.7 Å². The predicted octanol–water partition coefficient (Wildman–Crippen LogP) is 3.58. The van der Waals surface area contributed by atoms with Gasteiger partial charge in [0.2, 0.25) is 0 Å². The molecule has 0 saturated carbocycles. The fraction of sp³-hybridized carbons (Fsp3) is 0.200. The van der Waals surface area contributed by atoms with Gasteiger partial charge in [-0.2, -0.15) is 0 Å². The summed E-state index contributed by atoms with van der Waals surface area (Å²) in [5, 5.41) is 16.6. The maximum absolute atomic E-state index is 13.4. The zero-order valence-electron chi connectivity index (χ0n) is 18.6. The first kappa shape index (κ1) is 23.4. The highest BCUT2D eigenvalue weighted by Gasteiger charge is 2.52. The summed E-state index contributed by atoms with van der Waals surface area (Å²) in [6.45, 7) is 3.13. The molecule has 1 atom stereocenters. The van der Waals surface area contributed by atoms with Crippen LogP contribution in [0.1, 0.15) is 19.4 Å². The van der Waals surface area contributed by atoms with Crippen LogP contribution in [0.2, 0.25) is 5.02 Å². The number of hydrazine groups is 1. The molecule has 1 aliphatic heterocycles. The van der Waals surface area contributed by atoms with Gasteiger partial charge in [0.15, 0.2) is 11.3 Å². The van der Waals surface area contributed by atoms with Crippen LogP contribution in [0.15, 0.2) is 72.2 Å². The second kappa shape index (κ2) is 9.24. The summed E-state index contributed by atoms with van der Waals surface area (Å²) in [4.78, 5) is 43.4. The lowest BCUT2D eigenvalue weighted by molar-refractivity contribution is -0.150. The van der Waals surface area contributed by atoms with Crippen LogP contribution in [-0.2, 0) is 20.8 Å². The topological polar surface area (TPSA) is 112 Å². The van der Waals surface area contributed by atoms with E-state index in [1.807, 2.05) is 24.3 Å². The van der Waals surface area contributed by atoms with Gasteiger partial charge in [-0.25, -0.2) is 10.2 Å². The molecule has 1 amide bonds. The molecule has 0 bridgehead atoms. The number of aromatic nitrogens is 1. The summed E-state index contributed by atoms with van der Waals surface area (Å²) in [5.74, 6) is -2.41. The lowest BCUT2D eigenvalue weighted by Gasteiger charge is -2.42. The number of aliphatic carboxylic acids is 1. The molecular formula is C25H23ClN4O4. The van der Waals surface area contributed by atoms with Crippen molar-refractivity contribution >= 4 is 45.7 Å². The average Bonchev–Trinajstić information content (AvgIpc) is 2.82. The smallest absolute Gasteiger partial charge is 0.330 e. The number of anilines is 1. The standard InChI is InChI=1S/C25H23ClN4O4/c1-3-30-23(32)22(28-20-14-27-13-17-9-4-6-10-18(17)20)21(15(2)31)25(29-30,24(33)34)12-16-8-5-7-11-19(16)26/h4-11,13-14,28-29H,3,12H2,1-2H3,(H,33,34). The van der Waals surface area contributed by atoms with E-state index < -0.39 is 23.2 Å². The Morgan fingerprint density at radius 3 is 2.53 bits per heavy atom. The molecule has 2 heterocycles. The summed E-state index contributed by atoms with van der Waals surface area (Å²) in [6.07, 6.45) is 3.07. The summed E-state index contributed by atoms with van der Waals surface area (Å²) in [5.41, 5.74) is 1.60. The van der Waals surface area contributed by atoms with Gasteiger partial charge in [0, 0.05) is 35.0 Å². The fourth-order valence-corrected chi connectivity index (χ4v) is 4.45. The Morgan fingerprint density at radius 1 is 1.15 bits per heavy atom. The third kappa shape index (κ3) is 4.02. The summed E-state index contributed by atoms with van der Waals surface area (Å²) < 4.78 is 0. The van der Waals surface area contributed by atoms with Crippen molar-refractivity contribution in [1.29, 1.82) is 0 Å². The van der Waals surface area contributed by atoms with E-state index in [2.05, 4.69) is 15.7 Å². The Kier molecular flexibility index (Phi) is 6.37. The van der Waals surface area contributed by atoms with Crippen molar-refractivity contribution in [2.75, 3.05) is 11.9 Å². The molecule has 1 aliphatic rings. The molecule has 1 unspecified atom stereocenters. The Bertz CT molecular complexity index is 1330. The number of rotatable bonds is 7. The Labute approximate surface area is 201 Å². The minimum atomic E-state index is -1.93. The number of nitrogens with one attached hydrogen (secondary N) is 2. The summed E-state index contributed by atoms with van der Waals surface area (Å²) >= 11 is 6.34. The number of amides is 1. The van der Waals surface area contributed by atoms with Gasteiger partial charge >= 0.3 is 5.97 Å². The normalized spacial score (nSPS) is 18.3. The molecule has 2 aromatic carbocycles. The molecule has 0 spiro atoms. The number of hydrogen-bond acceptors (Lipinski definition) is 6. The molecule has 3 N–H and O–H groups in total. The van der Waals surface area contributed by atoms with Gasteiger partial charge in [0.25, 0.3) is 5.91 Å². The first-order valence-electron chi connectivity index (χ1n) is 10.7. The molecule has 4 rings (SSSR count). The van der Waals surface area contributed by atoms with Crippen LogP contribution in [-0.4, -0.2) is 44.8 Å². The number of carbonyl (C=O) groups excluding carboxylic acids is 2. The lowest BCUT2D eigenvalue weighted by atomic mass is 9.79. The molecule has 0 radical (unpaired) electrons. The van der Waals surface area contributed by atoms with E-state index in [-0.39, 0.29) is 24.2 Å². The average molecular weight is 479 g/mol. The minimum absolute atomic E-state index is 0.110. The second-order valence-corrected chi connectivity index (χ2v) is 8.39. The summed E-state index contributed by atoms with van der Waals surface area (Å²) in [7, 11) is 0. The van der Waals surface area contributed by atoms with E-state index in [1.54, 1.807) is 37.4 Å². The largest absolute Gasteiger partial charge is 0.480 e. The highest BCUT2D eigenvalue weighted by molar-refractivity contribution is 6.31. The molecular weight excluding hydrogens is 456 g/mol. The molecule has 0 aliphatic carbocycles. The van der Waals surface area contributed by atoms with E-state index >= 15 is 0 Å². The van der Waals surface area contributed by atoms with Crippen LogP contribution in [0.5, 0.6) is 0 Å². The number of benzene rings is 2. The van der Waals surface area contributed by atoms with E-state index in [0.717, 1.165) is 10.8 Å². The predicted molar refractivity (Wildman–Crippen MR) is 129 cm³/mol. The van der Waals surface area contributed by atoms with Crippen LogP contribution >= 0.6 is 11.6 Å². The van der Waals surface area contributed by atoms with Crippen molar-refractivity contribution in [2.45, 2.75) is 25.8 Å². The van der Waals surface area contributed by atoms with Crippen molar-refractivity contribution in [2.24, 2.45) is 0 Å². The maximum atomic E-state index is 13.4. The van der Waals surface area contributed by atoms with Crippen LogP contribution in [0.4, 0.5) is 5.69 Å². The van der Waals surface area contributed by atoms with Gasteiger partial charge < -0.3 is 10.4 Å². The van der Waals surface area contributed by atoms with Gasteiger partial charge in [-0.15, -0.1) is 0 Å². The SMILES string of the molecule is CCN1NC(Cc2ccccc2Cl)(C(=O)O)C(C(C)=O)=C(Nc2cncc3ccccc23)C1=O. The molecule has 8 nitrogen and oxygen atoms in total. The van der Waals surface area contributed by atoms with Crippen molar-refractivity contribution in [3.63, 3.8) is 0 Å². The van der Waals surface area contributed by atoms with E-state index in [9.17, 15) is 19.5 Å². The van der Waals surface area contributed by atoms with Gasteiger partial charge in [-0.1, -0.05) is 54.1 Å². The number of halogens is 1. The number of pyridine rings is 1. The van der Waals surface area contributed by atoms with Crippen LogP contribution in [0.3, 0.4) is 0 Å². The Hall–Kier alpha value is -3.75. The quantitative estimate of drug-likeness (QED) is 0.476. The maximum Gasteiger partial charge on any atom is 0.330 e. The van der Waals surface area contributed by atoms with E-state index in [1.165, 1.54) is 18.1 Å². The monoisotopic (exact) mass is 478 g/mol. The van der Waals surface area contributed by atoms with Gasteiger partial charge in [0.05, 0.1) is 17.5 Å². The zero-order valence-corrected chi connectivity index (χ0v) is 19.4. The Morgan fingerprint density at radius 2 is 1.85 bits per heavy atom. The van der Waals surface area contributed by atoms with E-state index in [0.29, 0.717) is 16.3 Å². The number of likely N-dealkylation sites (N-methyl/N-ethyl adjacent to an activating group) is 1. The van der Waals surface area contributed by atoms with Crippen molar-refractivity contribution in [3.05, 3.63) is 82.8 Å². The van der Waals surface area contributed by atoms with Gasteiger partial charge in [-0.05, 0) is 25.5 Å². The van der Waals surface area contributed by atoms with Crippen molar-refractivity contribution < 1.29 is 19.5 Å². The molecule has 1 aromatic heterocycles. The highest BCUT2D eigenvalue weighted by Crippen LogP contribution is 2.35. The molecule has 3 aromatic rings.